The first-order chi connectivity index (χ1) is 6.72. The quantitative estimate of drug-likeness (QED) is 0.607. The summed E-state index contributed by atoms with van der Waals surface area (Å²) in [4.78, 5) is 21.7. The van der Waals surface area contributed by atoms with Gasteiger partial charge in [-0.05, 0) is 20.3 Å². The Morgan fingerprint density at radius 2 is 1.93 bits per heavy atom. The highest BCUT2D eigenvalue weighted by molar-refractivity contribution is 8.02. The molecule has 0 rings (SSSR count). The predicted octanol–water partition coefficient (Wildman–Crippen LogP) is 0.174. The summed E-state index contributed by atoms with van der Waals surface area (Å²) < 4.78 is -0.721. The van der Waals surface area contributed by atoms with Gasteiger partial charge in [-0.1, -0.05) is 6.92 Å². The molecule has 0 saturated carbocycles. The molecular weight excluding hydrogens is 216 g/mol. The van der Waals surface area contributed by atoms with E-state index >= 15 is 0 Å². The SMILES string of the molecule is CCC(SC(C)(C)[C@H](N)C(=O)O)C(N)=O. The van der Waals surface area contributed by atoms with Crippen LogP contribution < -0.4 is 11.5 Å². The second-order valence-corrected chi connectivity index (χ2v) is 5.69. The molecule has 6 heteroatoms. The molecule has 0 fully saturated rings. The first-order valence-electron chi connectivity index (χ1n) is 4.68. The largest absolute Gasteiger partial charge is 0.480 e. The van der Waals surface area contributed by atoms with Gasteiger partial charge in [0.1, 0.15) is 6.04 Å². The molecule has 88 valence electrons. The summed E-state index contributed by atoms with van der Waals surface area (Å²) in [6.07, 6.45) is 0.565. The molecule has 2 atom stereocenters. The zero-order valence-corrected chi connectivity index (χ0v) is 10.0. The zero-order valence-electron chi connectivity index (χ0n) is 9.19. The van der Waals surface area contributed by atoms with Gasteiger partial charge in [-0.2, -0.15) is 0 Å². The minimum Gasteiger partial charge on any atom is -0.480 e. The highest BCUT2D eigenvalue weighted by Crippen LogP contribution is 2.32. The van der Waals surface area contributed by atoms with Gasteiger partial charge >= 0.3 is 5.97 Å². The van der Waals surface area contributed by atoms with Crippen LogP contribution in [-0.4, -0.2) is 33.0 Å². The van der Waals surface area contributed by atoms with Crippen LogP contribution in [0.2, 0.25) is 0 Å². The van der Waals surface area contributed by atoms with Gasteiger partial charge in [0.2, 0.25) is 5.91 Å². The minimum atomic E-state index is -1.08. The Hall–Kier alpha value is -0.750. The molecule has 1 amide bonds. The van der Waals surface area contributed by atoms with E-state index in [1.165, 1.54) is 11.8 Å². The van der Waals surface area contributed by atoms with Crippen molar-refractivity contribution < 1.29 is 14.7 Å². The maximum Gasteiger partial charge on any atom is 0.321 e. The van der Waals surface area contributed by atoms with Gasteiger partial charge < -0.3 is 16.6 Å². The molecule has 0 saturated heterocycles. The fourth-order valence-corrected chi connectivity index (χ4v) is 2.34. The maximum absolute atomic E-state index is 11.0. The van der Waals surface area contributed by atoms with Crippen molar-refractivity contribution in [2.45, 2.75) is 43.2 Å². The normalized spacial score (nSPS) is 15.7. The van der Waals surface area contributed by atoms with Crippen LogP contribution in [-0.2, 0) is 9.59 Å². The molecule has 1 unspecified atom stereocenters. The molecule has 0 aromatic heterocycles. The molecule has 0 bridgehead atoms. The summed E-state index contributed by atoms with van der Waals surface area (Å²) in [6, 6.07) is -1.02. The molecule has 0 spiro atoms. The summed E-state index contributed by atoms with van der Waals surface area (Å²) >= 11 is 1.21. The summed E-state index contributed by atoms with van der Waals surface area (Å²) in [5.74, 6) is -1.51. The Labute approximate surface area is 93.6 Å². The molecule has 0 aromatic carbocycles. The van der Waals surface area contributed by atoms with E-state index in [2.05, 4.69) is 0 Å². The van der Waals surface area contributed by atoms with Crippen LogP contribution in [0, 0.1) is 0 Å². The van der Waals surface area contributed by atoms with Crippen LogP contribution in [0.3, 0.4) is 0 Å². The number of hydrogen-bond donors (Lipinski definition) is 3. The van der Waals surface area contributed by atoms with Gasteiger partial charge in [0.15, 0.2) is 0 Å². The number of thioether (sulfide) groups is 1. The van der Waals surface area contributed by atoms with Crippen molar-refractivity contribution in [3.05, 3.63) is 0 Å². The lowest BCUT2D eigenvalue weighted by Gasteiger charge is -2.30. The number of rotatable bonds is 6. The number of hydrogen-bond acceptors (Lipinski definition) is 4. The summed E-state index contributed by atoms with van der Waals surface area (Å²) in [6.45, 7) is 5.22. The van der Waals surface area contributed by atoms with E-state index in [1.54, 1.807) is 13.8 Å². The van der Waals surface area contributed by atoms with E-state index in [4.69, 9.17) is 16.6 Å². The highest BCUT2D eigenvalue weighted by atomic mass is 32.2. The Morgan fingerprint density at radius 3 is 2.20 bits per heavy atom. The molecule has 0 aliphatic heterocycles. The lowest BCUT2D eigenvalue weighted by atomic mass is 10.1. The predicted molar refractivity (Wildman–Crippen MR) is 60.6 cm³/mol. The van der Waals surface area contributed by atoms with Gasteiger partial charge in [0.05, 0.1) is 5.25 Å². The molecule has 5 nitrogen and oxygen atoms in total. The van der Waals surface area contributed by atoms with Crippen LogP contribution in [0.4, 0.5) is 0 Å². The first kappa shape index (κ1) is 14.2. The smallest absolute Gasteiger partial charge is 0.321 e. The number of carboxylic acids is 1. The van der Waals surface area contributed by atoms with E-state index in [9.17, 15) is 9.59 Å². The third-order valence-corrected chi connectivity index (χ3v) is 3.86. The van der Waals surface area contributed by atoms with Crippen molar-refractivity contribution in [2.24, 2.45) is 11.5 Å². The Morgan fingerprint density at radius 1 is 1.47 bits per heavy atom. The number of carboxylic acid groups (broad SMARTS) is 1. The monoisotopic (exact) mass is 234 g/mol. The van der Waals surface area contributed by atoms with Gasteiger partial charge in [-0.3, -0.25) is 9.59 Å². The number of primary amides is 1. The fraction of sp³-hybridized carbons (Fsp3) is 0.778. The van der Waals surface area contributed by atoms with Gasteiger partial charge in [-0.15, -0.1) is 11.8 Å². The lowest BCUT2D eigenvalue weighted by molar-refractivity contribution is -0.139. The molecule has 0 aliphatic rings. The van der Waals surface area contributed by atoms with E-state index < -0.39 is 27.9 Å². The summed E-state index contributed by atoms with van der Waals surface area (Å²) in [5, 5.41) is 8.39. The lowest BCUT2D eigenvalue weighted by Crippen LogP contribution is -2.48. The van der Waals surface area contributed by atoms with Crippen LogP contribution in [0.5, 0.6) is 0 Å². The van der Waals surface area contributed by atoms with Gasteiger partial charge in [0, 0.05) is 4.75 Å². The molecule has 5 N–H and O–H groups in total. The third kappa shape index (κ3) is 4.09. The molecule has 15 heavy (non-hydrogen) atoms. The molecular formula is C9H18N2O3S. The Balaban J connectivity index is 4.60. The second kappa shape index (κ2) is 5.37. The Kier molecular flexibility index (Phi) is 5.10. The number of carbonyl (C=O) groups is 2. The van der Waals surface area contributed by atoms with Crippen molar-refractivity contribution in [1.29, 1.82) is 0 Å². The van der Waals surface area contributed by atoms with E-state index in [0.717, 1.165) is 0 Å². The summed E-state index contributed by atoms with van der Waals surface area (Å²) in [7, 11) is 0. The van der Waals surface area contributed by atoms with Crippen molar-refractivity contribution in [2.75, 3.05) is 0 Å². The van der Waals surface area contributed by atoms with E-state index in [-0.39, 0.29) is 0 Å². The van der Waals surface area contributed by atoms with Crippen molar-refractivity contribution in [3.8, 4) is 0 Å². The number of nitrogens with two attached hydrogens (primary N) is 2. The first-order valence-corrected chi connectivity index (χ1v) is 5.55. The molecule has 0 heterocycles. The standard InChI is InChI=1S/C9H18N2O3S/c1-4-5(7(11)12)15-9(2,3)6(10)8(13)14/h5-6H,4,10H2,1-3H3,(H2,11,12)(H,13,14)/t5?,6-/m1/s1. The number of carbonyl (C=O) groups excluding carboxylic acids is 1. The molecule has 0 aromatic rings. The second-order valence-electron chi connectivity index (χ2n) is 3.84. The van der Waals surface area contributed by atoms with Crippen LogP contribution in [0.15, 0.2) is 0 Å². The van der Waals surface area contributed by atoms with Crippen molar-refractivity contribution >= 4 is 23.6 Å². The van der Waals surface area contributed by atoms with Crippen LogP contribution >= 0.6 is 11.8 Å². The van der Waals surface area contributed by atoms with Crippen molar-refractivity contribution in [1.82, 2.24) is 0 Å². The zero-order chi connectivity index (χ0) is 12.2. The summed E-state index contributed by atoms with van der Waals surface area (Å²) in [5.41, 5.74) is 10.7. The molecule has 0 radical (unpaired) electrons. The topological polar surface area (TPSA) is 106 Å². The Bertz CT molecular complexity index is 256. The number of aliphatic carboxylic acids is 1. The maximum atomic E-state index is 11.0. The van der Waals surface area contributed by atoms with E-state index in [0.29, 0.717) is 6.42 Å². The third-order valence-electron chi connectivity index (χ3n) is 2.15. The van der Waals surface area contributed by atoms with E-state index in [1.807, 2.05) is 6.92 Å². The molecule has 0 aliphatic carbocycles. The minimum absolute atomic E-state index is 0.398. The highest BCUT2D eigenvalue weighted by Gasteiger charge is 2.36. The van der Waals surface area contributed by atoms with Crippen LogP contribution in [0.25, 0.3) is 0 Å². The van der Waals surface area contributed by atoms with Crippen LogP contribution in [0.1, 0.15) is 27.2 Å². The van der Waals surface area contributed by atoms with Crippen molar-refractivity contribution in [3.63, 3.8) is 0 Å². The fourth-order valence-electron chi connectivity index (χ4n) is 1.08. The van der Waals surface area contributed by atoms with Gasteiger partial charge in [-0.25, -0.2) is 0 Å². The van der Waals surface area contributed by atoms with Gasteiger partial charge in [0.25, 0.3) is 0 Å². The number of amides is 1. The average Bonchev–Trinajstić information content (AvgIpc) is 2.12. The average molecular weight is 234 g/mol.